The van der Waals surface area contributed by atoms with Gasteiger partial charge in [-0.15, -0.1) is 6.42 Å². The van der Waals surface area contributed by atoms with Crippen LogP contribution in [0.5, 0.6) is 0 Å². The van der Waals surface area contributed by atoms with Gasteiger partial charge >= 0.3 is 5.69 Å². The van der Waals surface area contributed by atoms with Crippen molar-refractivity contribution in [3.63, 3.8) is 0 Å². The number of benzene rings is 1. The van der Waals surface area contributed by atoms with Gasteiger partial charge in [0.25, 0.3) is 5.56 Å². The number of aromatic nitrogens is 3. The summed E-state index contributed by atoms with van der Waals surface area (Å²) in [4.78, 5) is 31.1. The van der Waals surface area contributed by atoms with Crippen molar-refractivity contribution in [2.24, 2.45) is 5.84 Å². The topological polar surface area (TPSA) is 132 Å². The highest BCUT2D eigenvalue weighted by Gasteiger charge is 2.29. The van der Waals surface area contributed by atoms with Gasteiger partial charge in [0, 0.05) is 24.8 Å². The lowest BCUT2D eigenvalue weighted by atomic mass is 10.0. The van der Waals surface area contributed by atoms with Crippen molar-refractivity contribution in [1.82, 2.24) is 14.1 Å². The zero-order chi connectivity index (χ0) is 25.4. The van der Waals surface area contributed by atoms with Crippen LogP contribution in [0.15, 0.2) is 40.2 Å². The van der Waals surface area contributed by atoms with Gasteiger partial charge in [-0.3, -0.25) is 19.4 Å². The van der Waals surface area contributed by atoms with Crippen molar-refractivity contribution >= 4 is 17.1 Å². The van der Waals surface area contributed by atoms with E-state index in [0.717, 1.165) is 26.3 Å². The first-order valence-corrected chi connectivity index (χ1v) is 10.1. The lowest BCUT2D eigenvalue weighted by molar-refractivity contribution is 0.0788. The largest absolute Gasteiger partial charge is 0.397 e. The molecule has 5 N–H and O–H groups in total. The number of anilines is 3. The van der Waals surface area contributed by atoms with Crippen molar-refractivity contribution in [3.8, 4) is 18.0 Å². The molecule has 3 aromatic rings. The molecular weight excluding hydrogens is 446 g/mol. The molecule has 3 rings (SSSR count). The second-order valence-corrected chi connectivity index (χ2v) is 8.41. The minimum atomic E-state index is -1.40. The van der Waals surface area contributed by atoms with E-state index in [0.29, 0.717) is 5.56 Å². The fraction of sp³-hybridized carbons (Fsp3) is 0.261. The maximum Gasteiger partial charge on any atom is 0.336 e. The zero-order valence-corrected chi connectivity index (χ0v) is 18.8. The summed E-state index contributed by atoms with van der Waals surface area (Å²) in [6.07, 6.45) is 8.10. The van der Waals surface area contributed by atoms with E-state index in [9.17, 15) is 23.5 Å². The monoisotopic (exact) mass is 470 g/mol. The number of nitrogens with two attached hydrogens (primary N) is 2. The standard InChI is InChI=1S/C23H24F2N6O3/c1-5-6-29-19(10-23(3,4)34)20(31(27)18-9-16(25)15(24)8-17(18)26)21(32)30(22(29)33)14-7-13(2)11-28-12-14/h1,7-9,11-12,34H,6,10,26-27H2,2-4H3. The molecule has 0 fully saturated rings. The van der Waals surface area contributed by atoms with Gasteiger partial charge in [-0.05, 0) is 32.4 Å². The van der Waals surface area contributed by atoms with Crippen molar-refractivity contribution in [3.05, 3.63) is 74.3 Å². The molecule has 0 bridgehead atoms. The number of nitrogen functional groups attached to an aromatic ring is 1. The number of halogens is 2. The SMILES string of the molecule is C#CCn1c(CC(C)(C)O)c(N(N)c2cc(F)c(F)cc2N)c(=O)n(-c2cncc(C)c2)c1=O. The summed E-state index contributed by atoms with van der Waals surface area (Å²) in [7, 11) is 0. The van der Waals surface area contributed by atoms with Gasteiger partial charge in [0.15, 0.2) is 11.6 Å². The van der Waals surface area contributed by atoms with E-state index < -0.39 is 28.5 Å². The van der Waals surface area contributed by atoms with Crippen LogP contribution in [0.25, 0.3) is 5.69 Å². The molecule has 9 nitrogen and oxygen atoms in total. The first kappa shape index (κ1) is 24.6. The van der Waals surface area contributed by atoms with Crippen LogP contribution in [0.4, 0.5) is 25.8 Å². The maximum absolute atomic E-state index is 14.0. The number of rotatable bonds is 6. The fourth-order valence-corrected chi connectivity index (χ4v) is 3.54. The van der Waals surface area contributed by atoms with Crippen molar-refractivity contribution in [2.75, 3.05) is 10.7 Å². The molecule has 0 aliphatic carbocycles. The number of hydrogen-bond acceptors (Lipinski definition) is 7. The molecule has 2 heterocycles. The quantitative estimate of drug-likeness (QED) is 0.215. The number of aliphatic hydroxyl groups is 1. The Morgan fingerprint density at radius 1 is 1.21 bits per heavy atom. The number of hydrazine groups is 1. The zero-order valence-electron chi connectivity index (χ0n) is 18.8. The van der Waals surface area contributed by atoms with Gasteiger partial charge in [-0.1, -0.05) is 5.92 Å². The van der Waals surface area contributed by atoms with Gasteiger partial charge in [-0.2, -0.15) is 0 Å². The smallest absolute Gasteiger partial charge is 0.336 e. The molecule has 0 unspecified atom stereocenters. The van der Waals surface area contributed by atoms with E-state index in [-0.39, 0.29) is 41.4 Å². The second-order valence-electron chi connectivity index (χ2n) is 8.41. The summed E-state index contributed by atoms with van der Waals surface area (Å²) in [6, 6.07) is 3.01. The van der Waals surface area contributed by atoms with Crippen LogP contribution in [0.1, 0.15) is 25.1 Å². The Hall–Kier alpha value is -4.01. The van der Waals surface area contributed by atoms with Crippen LogP contribution in [-0.4, -0.2) is 24.8 Å². The average Bonchev–Trinajstić information content (AvgIpc) is 2.72. The van der Waals surface area contributed by atoms with Gasteiger partial charge in [-0.25, -0.2) is 24.0 Å². The maximum atomic E-state index is 14.0. The predicted octanol–water partition coefficient (Wildman–Crippen LogP) is 1.52. The number of nitrogens with zero attached hydrogens (tertiary/aromatic N) is 4. The number of aryl methyl sites for hydroxylation is 1. The summed E-state index contributed by atoms with van der Waals surface area (Å²) < 4.78 is 29.6. The van der Waals surface area contributed by atoms with Gasteiger partial charge in [0.05, 0.1) is 41.1 Å². The van der Waals surface area contributed by atoms with E-state index in [4.69, 9.17) is 18.0 Å². The van der Waals surface area contributed by atoms with E-state index in [2.05, 4.69) is 10.9 Å². The molecule has 1 aromatic carbocycles. The Balaban J connectivity index is 2.47. The lowest BCUT2D eigenvalue weighted by Crippen LogP contribution is -2.46. The Labute approximate surface area is 193 Å². The molecule has 178 valence electrons. The average molecular weight is 470 g/mol. The van der Waals surface area contributed by atoms with E-state index in [1.807, 2.05) is 0 Å². The van der Waals surface area contributed by atoms with Gasteiger partial charge in [0.1, 0.15) is 5.69 Å². The molecule has 0 atom stereocenters. The Bertz CT molecular complexity index is 1420. The summed E-state index contributed by atoms with van der Waals surface area (Å²) >= 11 is 0. The van der Waals surface area contributed by atoms with E-state index >= 15 is 0 Å². The third-order valence-electron chi connectivity index (χ3n) is 4.97. The molecule has 0 radical (unpaired) electrons. The summed E-state index contributed by atoms with van der Waals surface area (Å²) in [5.74, 6) is 6.14. The van der Waals surface area contributed by atoms with E-state index in [1.54, 1.807) is 13.0 Å². The normalized spacial score (nSPS) is 11.4. The summed E-state index contributed by atoms with van der Waals surface area (Å²) in [5.41, 5.74) is 2.78. The Kier molecular flexibility index (Phi) is 6.58. The highest BCUT2D eigenvalue weighted by molar-refractivity contribution is 5.74. The highest BCUT2D eigenvalue weighted by atomic mass is 19.2. The van der Waals surface area contributed by atoms with Crippen LogP contribution in [0.3, 0.4) is 0 Å². The third-order valence-corrected chi connectivity index (χ3v) is 4.97. The number of hydrogen-bond donors (Lipinski definition) is 3. The Morgan fingerprint density at radius 3 is 2.44 bits per heavy atom. The minimum Gasteiger partial charge on any atom is -0.397 e. The van der Waals surface area contributed by atoms with Crippen LogP contribution >= 0.6 is 0 Å². The number of terminal acetylenes is 1. The van der Waals surface area contributed by atoms with E-state index in [1.165, 1.54) is 26.2 Å². The van der Waals surface area contributed by atoms with Crippen LogP contribution in [0, 0.1) is 30.9 Å². The highest BCUT2D eigenvalue weighted by Crippen LogP contribution is 2.31. The number of pyridine rings is 1. The van der Waals surface area contributed by atoms with Crippen LogP contribution < -0.4 is 27.8 Å². The molecule has 11 heteroatoms. The van der Waals surface area contributed by atoms with Gasteiger partial charge in [0.2, 0.25) is 0 Å². The predicted molar refractivity (Wildman–Crippen MR) is 125 cm³/mol. The van der Waals surface area contributed by atoms with Crippen molar-refractivity contribution < 1.29 is 13.9 Å². The molecule has 0 saturated carbocycles. The minimum absolute atomic E-state index is 0.0102. The molecule has 0 saturated heterocycles. The van der Waals surface area contributed by atoms with Crippen molar-refractivity contribution in [2.45, 2.75) is 39.3 Å². The molecule has 34 heavy (non-hydrogen) atoms. The first-order chi connectivity index (χ1) is 15.9. The van der Waals surface area contributed by atoms with Crippen LogP contribution in [-0.2, 0) is 13.0 Å². The van der Waals surface area contributed by atoms with Gasteiger partial charge < -0.3 is 10.8 Å². The van der Waals surface area contributed by atoms with Crippen LogP contribution in [0.2, 0.25) is 0 Å². The molecule has 0 spiro atoms. The fourth-order valence-electron chi connectivity index (χ4n) is 3.54. The second kappa shape index (κ2) is 9.09. The molecule has 0 aliphatic heterocycles. The lowest BCUT2D eigenvalue weighted by Gasteiger charge is -2.28. The molecule has 2 aromatic heterocycles. The third kappa shape index (κ3) is 4.68. The summed E-state index contributed by atoms with van der Waals surface area (Å²) in [5, 5.41) is 11.3. The molecular formula is C23H24F2N6O3. The molecule has 0 amide bonds. The summed E-state index contributed by atoms with van der Waals surface area (Å²) in [6.45, 7) is 4.38. The Morgan fingerprint density at radius 2 is 1.85 bits per heavy atom. The first-order valence-electron chi connectivity index (χ1n) is 10.1. The molecule has 0 aliphatic rings. The van der Waals surface area contributed by atoms with Crippen molar-refractivity contribution in [1.29, 1.82) is 0 Å².